The van der Waals surface area contributed by atoms with Crippen LogP contribution < -0.4 is 11.1 Å². The van der Waals surface area contributed by atoms with Crippen molar-refractivity contribution in [3.05, 3.63) is 23.4 Å². The van der Waals surface area contributed by atoms with Crippen molar-refractivity contribution in [3.8, 4) is 0 Å². The topological polar surface area (TPSA) is 55.1 Å². The normalized spacial score (nSPS) is 16.5. The fraction of sp³-hybridized carbons (Fsp3) is 0.500. The van der Waals surface area contributed by atoms with Crippen molar-refractivity contribution in [1.82, 2.24) is 5.32 Å². The van der Waals surface area contributed by atoms with E-state index in [4.69, 9.17) is 5.73 Å². The predicted octanol–water partition coefficient (Wildman–Crippen LogP) is 1.91. The zero-order valence-electron chi connectivity index (χ0n) is 8.13. The average molecular weight is 180 g/mol. The first-order valence-electron chi connectivity index (χ1n) is 4.55. The lowest BCUT2D eigenvalue weighted by atomic mass is 9.93. The maximum absolute atomic E-state index is 10.5. The van der Waals surface area contributed by atoms with E-state index in [0.717, 1.165) is 18.5 Å². The van der Waals surface area contributed by atoms with Gasteiger partial charge in [0.1, 0.15) is 0 Å². The molecule has 0 heterocycles. The molecule has 2 amide bonds. The summed E-state index contributed by atoms with van der Waals surface area (Å²) in [5.41, 5.74) is 7.35. The number of nitrogens with two attached hydrogens (primary N) is 1. The number of carbonyl (C=O) groups excluding carboxylic acids is 1. The molecule has 0 saturated carbocycles. The van der Waals surface area contributed by atoms with Gasteiger partial charge < -0.3 is 11.1 Å². The van der Waals surface area contributed by atoms with Crippen LogP contribution in [-0.2, 0) is 0 Å². The van der Waals surface area contributed by atoms with Gasteiger partial charge in [0.15, 0.2) is 0 Å². The second-order valence-corrected chi connectivity index (χ2v) is 3.58. The Morgan fingerprint density at radius 3 is 2.54 bits per heavy atom. The van der Waals surface area contributed by atoms with Crippen molar-refractivity contribution in [2.75, 3.05) is 0 Å². The van der Waals surface area contributed by atoms with E-state index >= 15 is 0 Å². The smallest absolute Gasteiger partial charge is 0.316 e. The minimum Gasteiger partial charge on any atom is -0.351 e. The van der Waals surface area contributed by atoms with E-state index < -0.39 is 6.03 Å². The van der Waals surface area contributed by atoms with Gasteiger partial charge in [0, 0.05) is 5.70 Å². The second kappa shape index (κ2) is 4.12. The van der Waals surface area contributed by atoms with Crippen molar-refractivity contribution < 1.29 is 4.79 Å². The molecule has 0 saturated heterocycles. The molecular weight excluding hydrogens is 164 g/mol. The summed E-state index contributed by atoms with van der Waals surface area (Å²) in [5, 5.41) is 2.60. The molecule has 3 heteroatoms. The highest BCUT2D eigenvalue weighted by Crippen LogP contribution is 2.22. The molecular formula is C10H16N2O. The van der Waals surface area contributed by atoms with E-state index in [9.17, 15) is 4.79 Å². The molecule has 3 N–H and O–H groups in total. The van der Waals surface area contributed by atoms with Crippen LogP contribution in [0.5, 0.6) is 0 Å². The number of rotatable bonds is 2. The fourth-order valence-electron chi connectivity index (χ4n) is 1.40. The molecule has 1 rings (SSSR count). The largest absolute Gasteiger partial charge is 0.351 e. The summed E-state index contributed by atoms with van der Waals surface area (Å²) in [6, 6.07) is -0.479. The molecule has 0 aliphatic heterocycles. The van der Waals surface area contributed by atoms with Gasteiger partial charge in [-0.05, 0) is 24.8 Å². The maximum atomic E-state index is 10.5. The number of primary amides is 1. The van der Waals surface area contributed by atoms with Crippen molar-refractivity contribution in [1.29, 1.82) is 0 Å². The van der Waals surface area contributed by atoms with Crippen molar-refractivity contribution in [2.24, 2.45) is 11.7 Å². The van der Waals surface area contributed by atoms with Gasteiger partial charge in [-0.1, -0.05) is 25.5 Å². The molecule has 0 radical (unpaired) electrons. The van der Waals surface area contributed by atoms with Crippen LogP contribution >= 0.6 is 0 Å². The highest BCUT2D eigenvalue weighted by molar-refractivity contribution is 5.73. The van der Waals surface area contributed by atoms with Crippen LogP contribution in [0.3, 0.4) is 0 Å². The zero-order valence-corrected chi connectivity index (χ0v) is 8.13. The van der Waals surface area contributed by atoms with Crippen LogP contribution in [0, 0.1) is 5.92 Å². The number of nitrogens with one attached hydrogen (secondary N) is 1. The summed E-state index contributed by atoms with van der Waals surface area (Å²) in [5.74, 6) is 0.589. The van der Waals surface area contributed by atoms with Crippen LogP contribution in [0.2, 0.25) is 0 Å². The lowest BCUT2D eigenvalue weighted by Crippen LogP contribution is -2.29. The van der Waals surface area contributed by atoms with E-state index in [0.29, 0.717) is 5.92 Å². The molecule has 0 aromatic carbocycles. The average Bonchev–Trinajstić information content (AvgIpc) is 2.04. The number of urea groups is 1. The summed E-state index contributed by atoms with van der Waals surface area (Å²) in [6.07, 6.45) is 5.90. The molecule has 0 fully saturated rings. The molecule has 0 unspecified atom stereocenters. The maximum Gasteiger partial charge on any atom is 0.316 e. The highest BCUT2D eigenvalue weighted by Gasteiger charge is 2.09. The first-order chi connectivity index (χ1) is 6.09. The van der Waals surface area contributed by atoms with Crippen molar-refractivity contribution in [2.45, 2.75) is 26.7 Å². The Labute approximate surface area is 78.7 Å². The summed E-state index contributed by atoms with van der Waals surface area (Å²) < 4.78 is 0. The van der Waals surface area contributed by atoms with Gasteiger partial charge >= 0.3 is 6.03 Å². The molecule has 1 aliphatic carbocycles. The molecule has 72 valence electrons. The van der Waals surface area contributed by atoms with E-state index in [1.807, 2.05) is 6.08 Å². The number of hydrogen-bond acceptors (Lipinski definition) is 1. The summed E-state index contributed by atoms with van der Waals surface area (Å²) in [4.78, 5) is 10.5. The first-order valence-corrected chi connectivity index (χ1v) is 4.55. The summed E-state index contributed by atoms with van der Waals surface area (Å²) in [6.45, 7) is 4.35. The van der Waals surface area contributed by atoms with E-state index in [2.05, 4.69) is 25.2 Å². The van der Waals surface area contributed by atoms with Crippen LogP contribution in [0.1, 0.15) is 26.7 Å². The number of amides is 2. The Morgan fingerprint density at radius 2 is 2.15 bits per heavy atom. The SMILES string of the molecule is CC(C)C1=CC=C(NC(N)=O)CC1. The Kier molecular flexibility index (Phi) is 3.12. The summed E-state index contributed by atoms with van der Waals surface area (Å²) >= 11 is 0. The van der Waals surface area contributed by atoms with Crippen LogP contribution in [0.25, 0.3) is 0 Å². The molecule has 0 aromatic heterocycles. The van der Waals surface area contributed by atoms with Crippen LogP contribution in [-0.4, -0.2) is 6.03 Å². The minimum atomic E-state index is -0.479. The third kappa shape index (κ3) is 2.93. The van der Waals surface area contributed by atoms with Gasteiger partial charge in [-0.3, -0.25) is 0 Å². The number of allylic oxidation sites excluding steroid dienone is 4. The number of carbonyl (C=O) groups is 1. The Hall–Kier alpha value is -1.25. The van der Waals surface area contributed by atoms with E-state index in [1.165, 1.54) is 5.57 Å². The monoisotopic (exact) mass is 180 g/mol. The minimum absolute atomic E-state index is 0.479. The molecule has 0 aromatic rings. The molecule has 0 spiro atoms. The lowest BCUT2D eigenvalue weighted by molar-refractivity contribution is 0.251. The Morgan fingerprint density at radius 1 is 1.46 bits per heavy atom. The van der Waals surface area contributed by atoms with Crippen LogP contribution in [0.4, 0.5) is 4.79 Å². The van der Waals surface area contributed by atoms with Crippen LogP contribution in [0.15, 0.2) is 23.4 Å². The summed E-state index contributed by atoms with van der Waals surface area (Å²) in [7, 11) is 0. The predicted molar refractivity (Wildman–Crippen MR) is 53.0 cm³/mol. The first kappa shape index (κ1) is 9.84. The van der Waals surface area contributed by atoms with Crippen molar-refractivity contribution >= 4 is 6.03 Å². The molecule has 3 nitrogen and oxygen atoms in total. The van der Waals surface area contributed by atoms with Gasteiger partial charge in [0.25, 0.3) is 0 Å². The van der Waals surface area contributed by atoms with Gasteiger partial charge in [-0.2, -0.15) is 0 Å². The highest BCUT2D eigenvalue weighted by atomic mass is 16.2. The lowest BCUT2D eigenvalue weighted by Gasteiger charge is -2.16. The van der Waals surface area contributed by atoms with Gasteiger partial charge in [0.05, 0.1) is 0 Å². The van der Waals surface area contributed by atoms with Gasteiger partial charge in [0.2, 0.25) is 0 Å². The molecule has 0 atom stereocenters. The quantitative estimate of drug-likeness (QED) is 0.670. The molecule has 1 aliphatic rings. The standard InChI is InChI=1S/C10H16N2O/c1-7(2)8-3-5-9(6-4-8)12-10(11)13/h3,5,7H,4,6H2,1-2H3,(H3,11,12,13). The van der Waals surface area contributed by atoms with E-state index in [-0.39, 0.29) is 0 Å². The Bertz CT molecular complexity index is 264. The van der Waals surface area contributed by atoms with Crippen molar-refractivity contribution in [3.63, 3.8) is 0 Å². The van der Waals surface area contributed by atoms with Gasteiger partial charge in [-0.15, -0.1) is 0 Å². The zero-order chi connectivity index (χ0) is 9.84. The van der Waals surface area contributed by atoms with Gasteiger partial charge in [-0.25, -0.2) is 4.79 Å². The second-order valence-electron chi connectivity index (χ2n) is 3.58. The van der Waals surface area contributed by atoms with E-state index in [1.54, 1.807) is 0 Å². The third-order valence-electron chi connectivity index (χ3n) is 2.21. The fourth-order valence-corrected chi connectivity index (χ4v) is 1.40. The molecule has 0 bridgehead atoms. The third-order valence-corrected chi connectivity index (χ3v) is 2.21. The Balaban J connectivity index is 2.59. The number of hydrogen-bond donors (Lipinski definition) is 2. The molecule has 13 heavy (non-hydrogen) atoms.